The Labute approximate surface area is 170 Å². The highest BCUT2D eigenvalue weighted by molar-refractivity contribution is 9.10. The largest absolute Gasteiger partial charge is 0.489 e. The summed E-state index contributed by atoms with van der Waals surface area (Å²) >= 11 is 14.8. The fraction of sp³-hybridized carbons (Fsp3) is 0.222. The Morgan fingerprint density at radius 1 is 1.31 bits per heavy atom. The van der Waals surface area contributed by atoms with Crippen molar-refractivity contribution in [3.05, 3.63) is 73.7 Å². The SMILES string of the molecule is CCc1n[nH]c(=S)n1NCc1cc(Br)ccc1OCc1cccc(Cl)c1. The number of nitrogens with one attached hydrogen (secondary N) is 2. The molecule has 0 unspecified atom stereocenters. The van der Waals surface area contributed by atoms with Gasteiger partial charge in [0, 0.05) is 21.5 Å². The van der Waals surface area contributed by atoms with E-state index in [1.54, 1.807) is 4.68 Å². The number of H-pyrrole nitrogens is 1. The molecule has 0 aliphatic heterocycles. The predicted octanol–water partition coefficient (Wildman–Crippen LogP) is 5.24. The lowest BCUT2D eigenvalue weighted by molar-refractivity contribution is 0.303. The van der Waals surface area contributed by atoms with Crippen molar-refractivity contribution in [2.24, 2.45) is 0 Å². The molecular formula is C18H18BrClN4OS. The second-order valence-electron chi connectivity index (χ2n) is 5.64. The highest BCUT2D eigenvalue weighted by Gasteiger charge is 2.08. The molecule has 0 fully saturated rings. The zero-order valence-electron chi connectivity index (χ0n) is 14.1. The molecular weight excluding hydrogens is 436 g/mol. The Kier molecular flexibility index (Phi) is 6.34. The number of hydrogen-bond donors (Lipinski definition) is 2. The zero-order chi connectivity index (χ0) is 18.5. The number of ether oxygens (including phenoxy) is 1. The third kappa shape index (κ3) is 4.66. The van der Waals surface area contributed by atoms with E-state index in [1.165, 1.54) is 0 Å². The molecule has 2 aromatic carbocycles. The fourth-order valence-electron chi connectivity index (χ4n) is 2.51. The predicted molar refractivity (Wildman–Crippen MR) is 110 cm³/mol. The summed E-state index contributed by atoms with van der Waals surface area (Å²) in [7, 11) is 0. The van der Waals surface area contributed by atoms with Gasteiger partial charge in [0.15, 0.2) is 5.82 Å². The normalized spacial score (nSPS) is 10.7. The molecule has 0 atom stereocenters. The molecule has 0 radical (unpaired) electrons. The molecule has 3 rings (SSSR count). The Morgan fingerprint density at radius 2 is 2.15 bits per heavy atom. The average Bonchev–Trinajstić information content (AvgIpc) is 2.99. The highest BCUT2D eigenvalue weighted by Crippen LogP contribution is 2.25. The molecule has 136 valence electrons. The van der Waals surface area contributed by atoms with Crippen molar-refractivity contribution < 1.29 is 4.74 Å². The molecule has 0 aliphatic rings. The standard InChI is InChI=1S/C18H18BrClN4OS/c1-2-17-22-23-18(26)24(17)21-10-13-9-14(19)6-7-16(13)25-11-12-4-3-5-15(20)8-12/h3-9,21H,2,10-11H2,1H3,(H,23,26). The molecule has 0 saturated heterocycles. The minimum Gasteiger partial charge on any atom is -0.489 e. The van der Waals surface area contributed by atoms with Crippen molar-refractivity contribution in [2.75, 3.05) is 5.43 Å². The van der Waals surface area contributed by atoms with E-state index in [0.29, 0.717) is 22.9 Å². The molecule has 2 N–H and O–H groups in total. The second-order valence-corrected chi connectivity index (χ2v) is 7.38. The van der Waals surface area contributed by atoms with E-state index >= 15 is 0 Å². The molecule has 0 spiro atoms. The fourth-order valence-corrected chi connectivity index (χ4v) is 3.35. The van der Waals surface area contributed by atoms with Crippen LogP contribution < -0.4 is 10.2 Å². The van der Waals surface area contributed by atoms with Gasteiger partial charge in [-0.25, -0.2) is 4.68 Å². The van der Waals surface area contributed by atoms with E-state index in [0.717, 1.165) is 33.6 Å². The Morgan fingerprint density at radius 3 is 2.92 bits per heavy atom. The summed E-state index contributed by atoms with van der Waals surface area (Å²) in [5.41, 5.74) is 5.32. The molecule has 8 heteroatoms. The number of nitrogens with zero attached hydrogens (tertiary/aromatic N) is 2. The maximum atomic E-state index is 6.04. The third-order valence-electron chi connectivity index (χ3n) is 3.79. The summed E-state index contributed by atoms with van der Waals surface area (Å²) in [6.07, 6.45) is 0.775. The van der Waals surface area contributed by atoms with Gasteiger partial charge in [0.25, 0.3) is 0 Å². The highest BCUT2D eigenvalue weighted by atomic mass is 79.9. The third-order valence-corrected chi connectivity index (χ3v) is 4.79. The Balaban J connectivity index is 1.75. The molecule has 0 amide bonds. The number of aryl methyl sites for hydroxylation is 1. The molecule has 26 heavy (non-hydrogen) atoms. The van der Waals surface area contributed by atoms with Crippen LogP contribution in [0.2, 0.25) is 5.02 Å². The minimum absolute atomic E-state index is 0.445. The van der Waals surface area contributed by atoms with Gasteiger partial charge >= 0.3 is 0 Å². The van der Waals surface area contributed by atoms with Crippen LogP contribution in [0.3, 0.4) is 0 Å². The molecule has 0 aliphatic carbocycles. The van der Waals surface area contributed by atoms with Crippen molar-refractivity contribution in [1.82, 2.24) is 14.9 Å². The maximum Gasteiger partial charge on any atom is 0.214 e. The first-order valence-electron chi connectivity index (χ1n) is 8.12. The number of halogens is 2. The second kappa shape index (κ2) is 8.70. The van der Waals surface area contributed by atoms with E-state index in [-0.39, 0.29) is 0 Å². The Hall–Kier alpha value is -1.83. The number of aromatic amines is 1. The average molecular weight is 454 g/mol. The van der Waals surface area contributed by atoms with Crippen molar-refractivity contribution >= 4 is 39.7 Å². The van der Waals surface area contributed by atoms with Crippen molar-refractivity contribution in [1.29, 1.82) is 0 Å². The summed E-state index contributed by atoms with van der Waals surface area (Å²) in [4.78, 5) is 0. The van der Waals surface area contributed by atoms with Crippen LogP contribution in [0.25, 0.3) is 0 Å². The minimum atomic E-state index is 0.445. The van der Waals surface area contributed by atoms with E-state index in [2.05, 4.69) is 31.6 Å². The lowest BCUT2D eigenvalue weighted by Crippen LogP contribution is -2.17. The lowest BCUT2D eigenvalue weighted by atomic mass is 10.2. The van der Waals surface area contributed by atoms with Gasteiger partial charge in [-0.2, -0.15) is 5.10 Å². The van der Waals surface area contributed by atoms with Crippen molar-refractivity contribution in [3.63, 3.8) is 0 Å². The van der Waals surface area contributed by atoms with Crippen LogP contribution in [0.5, 0.6) is 5.75 Å². The van der Waals surface area contributed by atoms with Gasteiger partial charge in [-0.15, -0.1) is 0 Å². The quantitative estimate of drug-likeness (QED) is 0.480. The van der Waals surface area contributed by atoms with Crippen LogP contribution in [0, 0.1) is 4.77 Å². The zero-order valence-corrected chi connectivity index (χ0v) is 17.3. The van der Waals surface area contributed by atoms with Crippen LogP contribution in [-0.2, 0) is 19.6 Å². The van der Waals surface area contributed by atoms with Gasteiger partial charge in [-0.05, 0) is 48.1 Å². The number of benzene rings is 2. The topological polar surface area (TPSA) is 54.9 Å². The van der Waals surface area contributed by atoms with E-state index in [1.807, 2.05) is 49.4 Å². The number of hydrogen-bond acceptors (Lipinski definition) is 4. The van der Waals surface area contributed by atoms with E-state index < -0.39 is 0 Å². The number of rotatable bonds is 7. The van der Waals surface area contributed by atoms with Crippen LogP contribution in [0.1, 0.15) is 23.9 Å². The first kappa shape index (κ1) is 18.9. The summed E-state index contributed by atoms with van der Waals surface area (Å²) < 4.78 is 9.32. The summed E-state index contributed by atoms with van der Waals surface area (Å²) in [5.74, 6) is 1.65. The molecule has 3 aromatic rings. The molecule has 0 saturated carbocycles. The van der Waals surface area contributed by atoms with E-state index in [9.17, 15) is 0 Å². The van der Waals surface area contributed by atoms with Crippen LogP contribution in [-0.4, -0.2) is 14.9 Å². The Bertz CT molecular complexity index is 956. The first-order valence-corrected chi connectivity index (χ1v) is 9.70. The monoisotopic (exact) mass is 452 g/mol. The summed E-state index contributed by atoms with van der Waals surface area (Å²) in [6, 6.07) is 13.6. The van der Waals surface area contributed by atoms with Crippen LogP contribution in [0.15, 0.2) is 46.9 Å². The van der Waals surface area contributed by atoms with Gasteiger partial charge in [0.2, 0.25) is 4.77 Å². The molecule has 1 aromatic heterocycles. The van der Waals surface area contributed by atoms with Crippen molar-refractivity contribution in [2.45, 2.75) is 26.5 Å². The lowest BCUT2D eigenvalue weighted by Gasteiger charge is -2.14. The van der Waals surface area contributed by atoms with Crippen molar-refractivity contribution in [3.8, 4) is 5.75 Å². The van der Waals surface area contributed by atoms with E-state index in [4.69, 9.17) is 28.6 Å². The van der Waals surface area contributed by atoms with Gasteiger partial charge < -0.3 is 10.2 Å². The molecule has 0 bridgehead atoms. The van der Waals surface area contributed by atoms with Crippen LogP contribution in [0.4, 0.5) is 0 Å². The van der Waals surface area contributed by atoms with Gasteiger partial charge in [0.1, 0.15) is 12.4 Å². The van der Waals surface area contributed by atoms with Crippen LogP contribution >= 0.6 is 39.7 Å². The van der Waals surface area contributed by atoms with Gasteiger partial charge in [-0.1, -0.05) is 46.6 Å². The van der Waals surface area contributed by atoms with Gasteiger partial charge in [-0.3, -0.25) is 5.10 Å². The van der Waals surface area contributed by atoms with Gasteiger partial charge in [0.05, 0.1) is 6.54 Å². The number of aromatic nitrogens is 3. The summed E-state index contributed by atoms with van der Waals surface area (Å²) in [5, 5.41) is 7.70. The maximum absolute atomic E-state index is 6.04. The molecule has 1 heterocycles. The summed E-state index contributed by atoms with van der Waals surface area (Å²) in [6.45, 7) is 3.02. The smallest absolute Gasteiger partial charge is 0.214 e. The molecule has 5 nitrogen and oxygen atoms in total. The first-order chi connectivity index (χ1) is 12.6.